The average Bonchev–Trinajstić information content (AvgIpc) is 2.66. The van der Waals surface area contributed by atoms with Crippen LogP contribution >= 0.6 is 0 Å². The van der Waals surface area contributed by atoms with Crippen LogP contribution in [-0.2, 0) is 11.2 Å². The fourth-order valence-electron chi connectivity index (χ4n) is 2.29. The molecule has 8 heteroatoms. The Morgan fingerprint density at radius 1 is 1.12 bits per heavy atom. The van der Waals surface area contributed by atoms with Crippen LogP contribution in [0, 0.1) is 10.1 Å². The zero-order valence-electron chi connectivity index (χ0n) is 14.2. The summed E-state index contributed by atoms with van der Waals surface area (Å²) in [7, 11) is 1.31. The Balaban J connectivity index is 1.83. The number of nitrogens with one attached hydrogen (secondary N) is 2. The molecule has 0 bridgehead atoms. The quantitative estimate of drug-likeness (QED) is 0.552. The highest BCUT2D eigenvalue weighted by atomic mass is 16.6. The largest absolute Gasteiger partial charge is 0.490 e. The Labute approximate surface area is 150 Å². The molecule has 0 saturated carbocycles. The van der Waals surface area contributed by atoms with Gasteiger partial charge in [-0.05, 0) is 24.1 Å². The average molecular weight is 357 g/mol. The Morgan fingerprint density at radius 3 is 2.50 bits per heavy atom. The van der Waals surface area contributed by atoms with E-state index in [2.05, 4.69) is 10.6 Å². The molecule has 0 saturated heterocycles. The van der Waals surface area contributed by atoms with Crippen molar-refractivity contribution in [2.24, 2.45) is 0 Å². The lowest BCUT2D eigenvalue weighted by molar-refractivity contribution is -0.385. The maximum Gasteiger partial charge on any atom is 0.311 e. The van der Waals surface area contributed by atoms with E-state index < -0.39 is 10.8 Å². The third-order valence-electron chi connectivity index (χ3n) is 3.63. The Hall–Kier alpha value is -3.42. The standard InChI is InChI=1S/C18H19N3O5/c1-26-16-8-7-14(11-15(16)21(24)25)18(23)20-12-17(22)19-10-9-13-5-3-2-4-6-13/h2-8,11H,9-10,12H2,1H3,(H,19,22)(H,20,23). The van der Waals surface area contributed by atoms with Gasteiger partial charge in [-0.1, -0.05) is 30.3 Å². The highest BCUT2D eigenvalue weighted by Crippen LogP contribution is 2.27. The van der Waals surface area contributed by atoms with Crippen molar-refractivity contribution in [3.05, 3.63) is 69.8 Å². The van der Waals surface area contributed by atoms with Crippen LogP contribution in [0.5, 0.6) is 5.75 Å². The van der Waals surface area contributed by atoms with Crippen molar-refractivity contribution >= 4 is 17.5 Å². The van der Waals surface area contributed by atoms with E-state index in [-0.39, 0.29) is 29.5 Å². The van der Waals surface area contributed by atoms with Crippen LogP contribution in [0.4, 0.5) is 5.69 Å². The summed E-state index contributed by atoms with van der Waals surface area (Å²) in [5.74, 6) is -0.851. The molecule has 8 nitrogen and oxygen atoms in total. The monoisotopic (exact) mass is 357 g/mol. The van der Waals surface area contributed by atoms with Gasteiger partial charge in [-0.3, -0.25) is 19.7 Å². The zero-order valence-corrected chi connectivity index (χ0v) is 14.2. The van der Waals surface area contributed by atoms with Crippen molar-refractivity contribution in [1.82, 2.24) is 10.6 Å². The van der Waals surface area contributed by atoms with Crippen molar-refractivity contribution in [3.63, 3.8) is 0 Å². The van der Waals surface area contributed by atoms with Crippen LogP contribution in [0.25, 0.3) is 0 Å². The van der Waals surface area contributed by atoms with E-state index >= 15 is 0 Å². The molecule has 0 spiro atoms. The molecule has 0 fully saturated rings. The first-order valence-corrected chi connectivity index (χ1v) is 7.92. The second-order valence-corrected chi connectivity index (χ2v) is 5.41. The molecule has 2 amide bonds. The van der Waals surface area contributed by atoms with Gasteiger partial charge in [0, 0.05) is 18.2 Å². The van der Waals surface area contributed by atoms with Gasteiger partial charge in [0.05, 0.1) is 18.6 Å². The van der Waals surface area contributed by atoms with Crippen LogP contribution in [0.15, 0.2) is 48.5 Å². The second-order valence-electron chi connectivity index (χ2n) is 5.41. The molecule has 0 aromatic heterocycles. The van der Waals surface area contributed by atoms with Crippen molar-refractivity contribution in [1.29, 1.82) is 0 Å². The molecule has 2 aromatic carbocycles. The smallest absolute Gasteiger partial charge is 0.311 e. The van der Waals surface area contributed by atoms with E-state index in [0.717, 1.165) is 11.6 Å². The highest BCUT2D eigenvalue weighted by Gasteiger charge is 2.18. The summed E-state index contributed by atoms with van der Waals surface area (Å²) < 4.78 is 4.88. The fourth-order valence-corrected chi connectivity index (χ4v) is 2.29. The maximum atomic E-state index is 12.1. The zero-order chi connectivity index (χ0) is 18.9. The van der Waals surface area contributed by atoms with Gasteiger partial charge in [0.25, 0.3) is 5.91 Å². The second kappa shape index (κ2) is 9.16. The van der Waals surface area contributed by atoms with Crippen molar-refractivity contribution in [2.75, 3.05) is 20.2 Å². The minimum Gasteiger partial charge on any atom is -0.490 e. The molecule has 26 heavy (non-hydrogen) atoms. The minimum atomic E-state index is -0.633. The summed E-state index contributed by atoms with van der Waals surface area (Å²) in [6.07, 6.45) is 0.686. The SMILES string of the molecule is COc1ccc(C(=O)NCC(=O)NCCc2ccccc2)cc1[N+](=O)[O-]. The summed E-state index contributed by atoms with van der Waals surface area (Å²) in [5.41, 5.74) is 0.865. The Morgan fingerprint density at radius 2 is 1.85 bits per heavy atom. The summed E-state index contributed by atoms with van der Waals surface area (Å²) in [6, 6.07) is 13.5. The van der Waals surface area contributed by atoms with E-state index in [4.69, 9.17) is 4.74 Å². The number of hydrogen-bond acceptors (Lipinski definition) is 5. The number of nitro groups is 1. The number of methoxy groups -OCH3 is 1. The molecule has 2 aromatic rings. The topological polar surface area (TPSA) is 111 Å². The third-order valence-corrected chi connectivity index (χ3v) is 3.63. The number of benzene rings is 2. The van der Waals surface area contributed by atoms with Gasteiger partial charge in [0.15, 0.2) is 5.75 Å². The van der Waals surface area contributed by atoms with Gasteiger partial charge >= 0.3 is 5.69 Å². The lowest BCUT2D eigenvalue weighted by Gasteiger charge is -2.08. The molecule has 2 rings (SSSR count). The summed E-state index contributed by atoms with van der Waals surface area (Å²) in [5, 5.41) is 16.1. The first kappa shape index (κ1) is 18.9. The number of carbonyl (C=O) groups is 2. The molecule has 136 valence electrons. The molecular weight excluding hydrogens is 338 g/mol. The molecule has 0 heterocycles. The predicted molar refractivity (Wildman–Crippen MR) is 95.1 cm³/mol. The molecule has 0 atom stereocenters. The Bertz CT molecular complexity index is 793. The Kier molecular flexibility index (Phi) is 6.67. The number of rotatable bonds is 8. The summed E-state index contributed by atoms with van der Waals surface area (Å²) in [6.45, 7) is 0.236. The van der Waals surface area contributed by atoms with Gasteiger partial charge in [-0.25, -0.2) is 0 Å². The third kappa shape index (κ3) is 5.30. The van der Waals surface area contributed by atoms with Crippen LogP contribution in [0.1, 0.15) is 15.9 Å². The van der Waals surface area contributed by atoms with E-state index in [1.54, 1.807) is 0 Å². The van der Waals surface area contributed by atoms with Crippen LogP contribution in [-0.4, -0.2) is 36.9 Å². The number of ether oxygens (including phenoxy) is 1. The maximum absolute atomic E-state index is 12.1. The lowest BCUT2D eigenvalue weighted by Crippen LogP contribution is -2.37. The lowest BCUT2D eigenvalue weighted by atomic mass is 10.1. The number of carbonyl (C=O) groups excluding carboxylic acids is 2. The molecule has 2 N–H and O–H groups in total. The van der Waals surface area contributed by atoms with Gasteiger partial charge < -0.3 is 15.4 Å². The van der Waals surface area contributed by atoms with E-state index in [9.17, 15) is 19.7 Å². The van der Waals surface area contributed by atoms with Crippen molar-refractivity contribution < 1.29 is 19.2 Å². The number of nitro benzene ring substituents is 1. The molecule has 0 aliphatic heterocycles. The molecule has 0 aliphatic carbocycles. The van der Waals surface area contributed by atoms with E-state index in [1.165, 1.54) is 19.2 Å². The summed E-state index contributed by atoms with van der Waals surface area (Å²) >= 11 is 0. The van der Waals surface area contributed by atoms with Crippen molar-refractivity contribution in [2.45, 2.75) is 6.42 Å². The fraction of sp³-hybridized carbons (Fsp3) is 0.222. The normalized spacial score (nSPS) is 10.0. The van der Waals surface area contributed by atoms with Crippen molar-refractivity contribution in [3.8, 4) is 5.75 Å². The van der Waals surface area contributed by atoms with Crippen LogP contribution < -0.4 is 15.4 Å². The minimum absolute atomic E-state index is 0.0604. The number of nitrogens with zero attached hydrogens (tertiary/aromatic N) is 1. The van der Waals surface area contributed by atoms with Gasteiger partial charge in [-0.2, -0.15) is 0 Å². The molecule has 0 unspecified atom stereocenters. The number of hydrogen-bond donors (Lipinski definition) is 2. The van der Waals surface area contributed by atoms with E-state index in [1.807, 2.05) is 30.3 Å². The molecular formula is C18H19N3O5. The first-order valence-electron chi connectivity index (χ1n) is 7.92. The number of amides is 2. The van der Waals surface area contributed by atoms with Crippen LogP contribution in [0.2, 0.25) is 0 Å². The van der Waals surface area contributed by atoms with Gasteiger partial charge in [-0.15, -0.1) is 0 Å². The highest BCUT2D eigenvalue weighted by molar-refractivity contribution is 5.97. The van der Waals surface area contributed by atoms with Gasteiger partial charge in [0.2, 0.25) is 5.91 Å². The van der Waals surface area contributed by atoms with Gasteiger partial charge in [0.1, 0.15) is 0 Å². The van der Waals surface area contributed by atoms with E-state index in [0.29, 0.717) is 13.0 Å². The molecule has 0 aliphatic rings. The van der Waals surface area contributed by atoms with Crippen LogP contribution in [0.3, 0.4) is 0 Å². The predicted octanol–water partition coefficient (Wildman–Crippen LogP) is 1.69. The summed E-state index contributed by atoms with van der Waals surface area (Å²) in [4.78, 5) is 34.2. The first-order chi connectivity index (χ1) is 12.5. The molecule has 0 radical (unpaired) electrons.